The quantitative estimate of drug-likeness (QED) is 0.253. The molecule has 0 bridgehead atoms. The molecule has 4 nitrogen and oxygen atoms in total. The Balaban J connectivity index is 0.000000331. The van der Waals surface area contributed by atoms with Gasteiger partial charge in [-0.25, -0.2) is 0 Å². The third kappa shape index (κ3) is 11.5. The molecule has 1 aromatic carbocycles. The Hall–Kier alpha value is -2.88. The summed E-state index contributed by atoms with van der Waals surface area (Å²) in [5.74, 6) is 2.02. The van der Waals surface area contributed by atoms with Crippen LogP contribution in [0.5, 0.6) is 0 Å². The Morgan fingerprint density at radius 2 is 1.91 bits per heavy atom. The maximum Gasteiger partial charge on any atom is 0.137 e. The highest BCUT2D eigenvalue weighted by atomic mass is 15.3. The largest absolute Gasteiger partial charge is 0.389 e. The lowest BCUT2D eigenvalue weighted by Crippen LogP contribution is -2.12. The zero-order valence-corrected chi connectivity index (χ0v) is 21.5. The minimum atomic E-state index is 0.960. The average Bonchev–Trinajstić information content (AvgIpc) is 3.15. The predicted molar refractivity (Wildman–Crippen MR) is 144 cm³/mol. The molecule has 180 valence electrons. The topological polar surface area (TPSA) is 42.7 Å². The van der Waals surface area contributed by atoms with Crippen molar-refractivity contribution < 1.29 is 0 Å². The summed E-state index contributed by atoms with van der Waals surface area (Å²) < 4.78 is 2.16. The highest BCUT2D eigenvalue weighted by Crippen LogP contribution is 2.16. The minimum absolute atomic E-state index is 0.960. The molecule has 1 N–H and O–H groups in total. The Morgan fingerprint density at radius 3 is 2.55 bits per heavy atom. The molecule has 0 amide bonds. The minimum Gasteiger partial charge on any atom is -0.389 e. The first-order chi connectivity index (χ1) is 15.9. The van der Waals surface area contributed by atoms with Gasteiger partial charge in [-0.3, -0.25) is 4.57 Å². The van der Waals surface area contributed by atoms with E-state index in [0.717, 1.165) is 49.6 Å². The summed E-state index contributed by atoms with van der Waals surface area (Å²) in [7, 11) is 0. The van der Waals surface area contributed by atoms with Crippen LogP contribution in [0.15, 0.2) is 73.0 Å². The van der Waals surface area contributed by atoms with Crippen molar-refractivity contribution in [2.45, 2.75) is 79.6 Å². The van der Waals surface area contributed by atoms with Gasteiger partial charge in [0.1, 0.15) is 11.6 Å². The van der Waals surface area contributed by atoms with E-state index in [2.05, 4.69) is 90.4 Å². The fourth-order valence-electron chi connectivity index (χ4n) is 3.50. The second kappa shape index (κ2) is 16.7. The highest BCUT2D eigenvalue weighted by Gasteiger charge is 2.09. The third-order valence-corrected chi connectivity index (χ3v) is 5.16. The lowest BCUT2D eigenvalue weighted by molar-refractivity contribution is 0.733. The van der Waals surface area contributed by atoms with E-state index in [9.17, 15) is 0 Å². The fraction of sp³-hybridized carbons (Fsp3) is 0.448. The molecule has 0 atom stereocenters. The molecule has 4 heteroatoms. The van der Waals surface area contributed by atoms with Crippen LogP contribution < -0.4 is 5.32 Å². The molecule has 2 aromatic rings. The number of allylic oxidation sites excluding steroid dienone is 5. The van der Waals surface area contributed by atoms with Crippen LogP contribution in [0.4, 0.5) is 0 Å². The maximum atomic E-state index is 4.27. The number of hydrogen-bond donors (Lipinski definition) is 1. The molecule has 0 radical (unpaired) electrons. The summed E-state index contributed by atoms with van der Waals surface area (Å²) >= 11 is 0. The van der Waals surface area contributed by atoms with Gasteiger partial charge in [0, 0.05) is 24.4 Å². The van der Waals surface area contributed by atoms with Crippen molar-refractivity contribution in [2.24, 2.45) is 0 Å². The normalized spacial score (nSPS) is 11.2. The lowest BCUT2D eigenvalue weighted by atomic mass is 10.1. The first kappa shape index (κ1) is 28.2. The summed E-state index contributed by atoms with van der Waals surface area (Å²) in [6.45, 7) is 19.0. The van der Waals surface area contributed by atoms with Gasteiger partial charge in [-0.2, -0.15) is 0 Å². The van der Waals surface area contributed by atoms with Crippen molar-refractivity contribution in [1.82, 2.24) is 20.1 Å². The van der Waals surface area contributed by atoms with Gasteiger partial charge in [0.15, 0.2) is 0 Å². The summed E-state index contributed by atoms with van der Waals surface area (Å²) in [5, 5.41) is 11.7. The Bertz CT molecular complexity index is 902. The van der Waals surface area contributed by atoms with E-state index in [1.807, 2.05) is 26.0 Å². The first-order valence-electron chi connectivity index (χ1n) is 12.3. The molecule has 2 rings (SSSR count). The molecule has 0 saturated carbocycles. The van der Waals surface area contributed by atoms with Gasteiger partial charge in [-0.1, -0.05) is 81.9 Å². The SMILES string of the molecule is C=C/C=C\C/C=C(\CCC)CCNC(=C)C.CCCCc1nnc(C)n1-c1cccc(C)c1. The lowest BCUT2D eigenvalue weighted by Gasteiger charge is -2.09. The Morgan fingerprint density at radius 1 is 1.12 bits per heavy atom. The van der Waals surface area contributed by atoms with E-state index >= 15 is 0 Å². The monoisotopic (exact) mass is 448 g/mol. The molecular formula is C29H44N4. The van der Waals surface area contributed by atoms with Crippen molar-refractivity contribution in [2.75, 3.05) is 6.54 Å². The van der Waals surface area contributed by atoms with Crippen LogP contribution in [0.2, 0.25) is 0 Å². The summed E-state index contributed by atoms with van der Waals surface area (Å²) in [5.41, 5.74) is 5.00. The van der Waals surface area contributed by atoms with E-state index in [0.29, 0.717) is 0 Å². The molecule has 0 saturated heterocycles. The zero-order valence-electron chi connectivity index (χ0n) is 21.5. The van der Waals surface area contributed by atoms with Gasteiger partial charge in [0.25, 0.3) is 0 Å². The van der Waals surface area contributed by atoms with Gasteiger partial charge in [0.05, 0.1) is 0 Å². The van der Waals surface area contributed by atoms with Crippen LogP contribution >= 0.6 is 0 Å². The molecule has 33 heavy (non-hydrogen) atoms. The number of unbranched alkanes of at least 4 members (excludes halogenated alkanes) is 1. The zero-order chi connectivity index (χ0) is 24.5. The molecule has 0 spiro atoms. The van der Waals surface area contributed by atoms with Crippen molar-refractivity contribution in [3.8, 4) is 5.69 Å². The average molecular weight is 449 g/mol. The number of rotatable bonds is 13. The van der Waals surface area contributed by atoms with E-state index in [4.69, 9.17) is 0 Å². The van der Waals surface area contributed by atoms with Gasteiger partial charge < -0.3 is 5.32 Å². The van der Waals surface area contributed by atoms with Crippen molar-refractivity contribution in [1.29, 1.82) is 0 Å². The van der Waals surface area contributed by atoms with Crippen LogP contribution in [0.1, 0.15) is 76.5 Å². The standard InChI is InChI=1S/C15H25N.C14H19N3/c1-5-7-8-9-11-15(10-6-2)12-13-16-14(3)4;1-4-5-9-14-16-15-12(3)17(14)13-8-6-7-11(2)10-13/h5,7-8,11,16H,1,3,6,9-10,12-13H2,2,4H3;6-8,10H,4-5,9H2,1-3H3/b8-7-,15-11+;. The predicted octanol–water partition coefficient (Wildman–Crippen LogP) is 7.59. The van der Waals surface area contributed by atoms with E-state index < -0.39 is 0 Å². The molecule has 0 aliphatic rings. The Kier molecular flexibility index (Phi) is 14.3. The van der Waals surface area contributed by atoms with Crippen LogP contribution in [-0.2, 0) is 6.42 Å². The van der Waals surface area contributed by atoms with Crippen LogP contribution in [-0.4, -0.2) is 21.3 Å². The molecule has 0 unspecified atom stereocenters. The van der Waals surface area contributed by atoms with Crippen molar-refractivity contribution in [3.05, 3.63) is 90.2 Å². The number of hydrogen-bond acceptors (Lipinski definition) is 3. The summed E-state index contributed by atoms with van der Waals surface area (Å²) in [6, 6.07) is 8.47. The molecule has 0 fully saturated rings. The molecule has 1 heterocycles. The Labute approximate surface area is 202 Å². The fourth-order valence-corrected chi connectivity index (χ4v) is 3.50. The number of aromatic nitrogens is 3. The number of nitrogens with zero attached hydrogens (tertiary/aromatic N) is 3. The van der Waals surface area contributed by atoms with Crippen molar-refractivity contribution >= 4 is 0 Å². The van der Waals surface area contributed by atoms with Crippen molar-refractivity contribution in [3.63, 3.8) is 0 Å². The maximum absolute atomic E-state index is 4.27. The van der Waals surface area contributed by atoms with Crippen LogP contribution in [0.3, 0.4) is 0 Å². The van der Waals surface area contributed by atoms with Gasteiger partial charge >= 0.3 is 0 Å². The number of benzene rings is 1. The number of aryl methyl sites for hydroxylation is 3. The van der Waals surface area contributed by atoms with Crippen LogP contribution in [0, 0.1) is 13.8 Å². The molecule has 0 aliphatic carbocycles. The highest BCUT2D eigenvalue weighted by molar-refractivity contribution is 5.37. The smallest absolute Gasteiger partial charge is 0.137 e. The second-order valence-corrected chi connectivity index (χ2v) is 8.41. The van der Waals surface area contributed by atoms with E-state index in [1.165, 1.54) is 36.1 Å². The summed E-state index contributed by atoms with van der Waals surface area (Å²) in [4.78, 5) is 0. The van der Waals surface area contributed by atoms with E-state index in [-0.39, 0.29) is 0 Å². The van der Waals surface area contributed by atoms with Gasteiger partial charge in [-0.15, -0.1) is 10.2 Å². The molecular weight excluding hydrogens is 404 g/mol. The summed E-state index contributed by atoms with van der Waals surface area (Å²) in [6.07, 6.45) is 16.1. The first-order valence-corrected chi connectivity index (χ1v) is 12.3. The van der Waals surface area contributed by atoms with E-state index in [1.54, 1.807) is 0 Å². The number of nitrogens with one attached hydrogen (secondary N) is 1. The second-order valence-electron chi connectivity index (χ2n) is 8.41. The van der Waals surface area contributed by atoms with Gasteiger partial charge in [-0.05, 0) is 64.2 Å². The third-order valence-electron chi connectivity index (χ3n) is 5.16. The molecule has 0 aliphatic heterocycles. The van der Waals surface area contributed by atoms with Crippen LogP contribution in [0.25, 0.3) is 5.69 Å². The van der Waals surface area contributed by atoms with Gasteiger partial charge in [0.2, 0.25) is 0 Å². The molecule has 1 aromatic heterocycles.